The van der Waals surface area contributed by atoms with Crippen LogP contribution < -0.4 is 20.1 Å². The lowest BCUT2D eigenvalue weighted by molar-refractivity contribution is 0.174. The molecule has 0 spiro atoms. The Bertz CT molecular complexity index is 646. The van der Waals surface area contributed by atoms with Gasteiger partial charge in [-0.25, -0.2) is 0 Å². The maximum atomic E-state index is 5.34. The zero-order valence-electron chi connectivity index (χ0n) is 12.2. The van der Waals surface area contributed by atoms with E-state index in [-0.39, 0.29) is 6.79 Å². The molecule has 1 aliphatic heterocycles. The number of hydrogen-bond acceptors (Lipinski definition) is 3. The van der Waals surface area contributed by atoms with E-state index >= 15 is 0 Å². The number of thiocarbonyl (C=S) groups is 1. The van der Waals surface area contributed by atoms with Crippen LogP contribution in [0.25, 0.3) is 0 Å². The highest BCUT2D eigenvalue weighted by Crippen LogP contribution is 2.34. The highest BCUT2D eigenvalue weighted by Gasteiger charge is 2.13. The van der Waals surface area contributed by atoms with Crippen LogP contribution in [0.4, 0.5) is 5.69 Å². The second-order valence-electron chi connectivity index (χ2n) is 5.04. The average molecular weight is 314 g/mol. The highest BCUT2D eigenvalue weighted by molar-refractivity contribution is 7.80. The minimum Gasteiger partial charge on any atom is -0.454 e. The average Bonchev–Trinajstić information content (AvgIpc) is 3.00. The molecule has 0 bridgehead atoms. The van der Waals surface area contributed by atoms with Crippen molar-refractivity contribution in [3.05, 3.63) is 54.1 Å². The summed E-state index contributed by atoms with van der Waals surface area (Å²) in [6.07, 6.45) is 2.08. The minimum atomic E-state index is 0.279. The second kappa shape index (κ2) is 7.13. The molecule has 0 fully saturated rings. The van der Waals surface area contributed by atoms with Crippen molar-refractivity contribution in [1.29, 1.82) is 0 Å². The summed E-state index contributed by atoms with van der Waals surface area (Å²) in [6.45, 7) is 1.12. The highest BCUT2D eigenvalue weighted by atomic mass is 32.1. The van der Waals surface area contributed by atoms with Crippen molar-refractivity contribution >= 4 is 23.0 Å². The monoisotopic (exact) mass is 314 g/mol. The number of aryl methyl sites for hydroxylation is 1. The first-order valence-electron chi connectivity index (χ1n) is 7.30. The SMILES string of the molecule is S=C(NCCCc1ccccc1)Nc1ccc2c(c1)OCO2. The number of fused-ring (bicyclic) bond motifs is 1. The molecule has 3 rings (SSSR count). The maximum absolute atomic E-state index is 5.34. The lowest BCUT2D eigenvalue weighted by Crippen LogP contribution is -2.29. The van der Waals surface area contributed by atoms with Gasteiger partial charge in [-0.1, -0.05) is 30.3 Å². The maximum Gasteiger partial charge on any atom is 0.231 e. The topological polar surface area (TPSA) is 42.5 Å². The fourth-order valence-electron chi connectivity index (χ4n) is 2.29. The molecule has 0 atom stereocenters. The van der Waals surface area contributed by atoms with Crippen LogP contribution in [-0.4, -0.2) is 18.5 Å². The summed E-state index contributed by atoms with van der Waals surface area (Å²) in [6, 6.07) is 16.1. The molecule has 4 nitrogen and oxygen atoms in total. The summed E-state index contributed by atoms with van der Waals surface area (Å²) in [5.74, 6) is 1.52. The largest absolute Gasteiger partial charge is 0.454 e. The third-order valence-corrected chi connectivity index (χ3v) is 3.65. The molecule has 2 aromatic carbocycles. The lowest BCUT2D eigenvalue weighted by atomic mass is 10.1. The van der Waals surface area contributed by atoms with Crippen LogP contribution in [0, 0.1) is 0 Å². The molecule has 1 heterocycles. The zero-order chi connectivity index (χ0) is 15.2. The number of benzene rings is 2. The summed E-state index contributed by atoms with van der Waals surface area (Å²) in [5, 5.41) is 6.99. The summed E-state index contributed by atoms with van der Waals surface area (Å²) in [7, 11) is 0. The van der Waals surface area contributed by atoms with E-state index in [4.69, 9.17) is 21.7 Å². The van der Waals surface area contributed by atoms with Crippen LogP contribution in [-0.2, 0) is 6.42 Å². The molecule has 5 heteroatoms. The van der Waals surface area contributed by atoms with Gasteiger partial charge >= 0.3 is 0 Å². The molecule has 0 saturated carbocycles. The van der Waals surface area contributed by atoms with Crippen LogP contribution in [0.3, 0.4) is 0 Å². The third kappa shape index (κ3) is 3.89. The van der Waals surface area contributed by atoms with Gasteiger partial charge in [0.05, 0.1) is 0 Å². The smallest absolute Gasteiger partial charge is 0.231 e. The van der Waals surface area contributed by atoms with Gasteiger partial charge < -0.3 is 20.1 Å². The number of anilines is 1. The van der Waals surface area contributed by atoms with Crippen molar-refractivity contribution < 1.29 is 9.47 Å². The Kier molecular flexibility index (Phi) is 4.75. The first kappa shape index (κ1) is 14.7. The first-order valence-corrected chi connectivity index (χ1v) is 7.70. The molecule has 1 aliphatic rings. The van der Waals surface area contributed by atoms with Crippen molar-refractivity contribution in [3.63, 3.8) is 0 Å². The Hall–Kier alpha value is -2.27. The van der Waals surface area contributed by atoms with Crippen LogP contribution in [0.5, 0.6) is 11.5 Å². The van der Waals surface area contributed by atoms with Gasteiger partial charge in [-0.3, -0.25) is 0 Å². The molecule has 2 aromatic rings. The first-order chi connectivity index (χ1) is 10.8. The lowest BCUT2D eigenvalue weighted by Gasteiger charge is -2.11. The van der Waals surface area contributed by atoms with Crippen LogP contribution in [0.2, 0.25) is 0 Å². The fourth-order valence-corrected chi connectivity index (χ4v) is 2.51. The molecule has 22 heavy (non-hydrogen) atoms. The van der Waals surface area contributed by atoms with Crippen molar-refractivity contribution in [2.24, 2.45) is 0 Å². The fraction of sp³-hybridized carbons (Fsp3) is 0.235. The predicted molar refractivity (Wildman–Crippen MR) is 91.6 cm³/mol. The molecule has 0 amide bonds. The normalized spacial score (nSPS) is 12.0. The van der Waals surface area contributed by atoms with Gasteiger partial charge in [0.25, 0.3) is 0 Å². The van der Waals surface area contributed by atoms with Crippen molar-refractivity contribution in [3.8, 4) is 11.5 Å². The quantitative estimate of drug-likeness (QED) is 0.654. The van der Waals surface area contributed by atoms with Gasteiger partial charge in [-0.15, -0.1) is 0 Å². The minimum absolute atomic E-state index is 0.279. The second-order valence-corrected chi connectivity index (χ2v) is 5.45. The van der Waals surface area contributed by atoms with Gasteiger partial charge in [-0.05, 0) is 42.8 Å². The Morgan fingerprint density at radius 3 is 2.73 bits per heavy atom. The molecule has 0 unspecified atom stereocenters. The van der Waals surface area contributed by atoms with E-state index in [0.29, 0.717) is 5.11 Å². The van der Waals surface area contributed by atoms with Gasteiger partial charge in [0.15, 0.2) is 16.6 Å². The Labute approximate surface area is 135 Å². The Balaban J connectivity index is 1.41. The van der Waals surface area contributed by atoms with Gasteiger partial charge in [0, 0.05) is 18.3 Å². The Morgan fingerprint density at radius 2 is 1.86 bits per heavy atom. The van der Waals surface area contributed by atoms with E-state index in [2.05, 4.69) is 34.9 Å². The summed E-state index contributed by atoms with van der Waals surface area (Å²) in [5.41, 5.74) is 2.24. The van der Waals surface area contributed by atoms with Crippen molar-refractivity contribution in [1.82, 2.24) is 5.32 Å². The molecule has 114 valence electrons. The molecule has 0 aliphatic carbocycles. The van der Waals surface area contributed by atoms with Crippen LogP contribution in [0.1, 0.15) is 12.0 Å². The number of ether oxygens (including phenoxy) is 2. The molecular formula is C17H18N2O2S. The predicted octanol–water partition coefficient (Wildman–Crippen LogP) is 3.33. The number of rotatable bonds is 5. The van der Waals surface area contributed by atoms with E-state index in [1.807, 2.05) is 24.3 Å². The van der Waals surface area contributed by atoms with E-state index in [1.54, 1.807) is 0 Å². The molecule has 0 saturated heterocycles. The molecule has 0 radical (unpaired) electrons. The molecular weight excluding hydrogens is 296 g/mol. The van der Waals surface area contributed by atoms with E-state index in [1.165, 1.54) is 5.56 Å². The summed E-state index contributed by atoms with van der Waals surface area (Å²) in [4.78, 5) is 0. The van der Waals surface area contributed by atoms with E-state index in [9.17, 15) is 0 Å². The standard InChI is InChI=1S/C17H18N2O2S/c22-17(18-10-4-7-13-5-2-1-3-6-13)19-14-8-9-15-16(11-14)21-12-20-15/h1-3,5-6,8-9,11H,4,7,10,12H2,(H2,18,19,22). The summed E-state index contributed by atoms with van der Waals surface area (Å²) >= 11 is 5.30. The van der Waals surface area contributed by atoms with E-state index in [0.717, 1.165) is 36.6 Å². The summed E-state index contributed by atoms with van der Waals surface area (Å²) < 4.78 is 10.6. The third-order valence-electron chi connectivity index (χ3n) is 3.40. The van der Waals surface area contributed by atoms with Crippen LogP contribution >= 0.6 is 12.2 Å². The number of hydrogen-bond donors (Lipinski definition) is 2. The van der Waals surface area contributed by atoms with E-state index < -0.39 is 0 Å². The molecule has 0 aromatic heterocycles. The van der Waals surface area contributed by atoms with Gasteiger partial charge in [0.2, 0.25) is 6.79 Å². The zero-order valence-corrected chi connectivity index (χ0v) is 13.0. The van der Waals surface area contributed by atoms with Gasteiger partial charge in [-0.2, -0.15) is 0 Å². The van der Waals surface area contributed by atoms with Crippen molar-refractivity contribution in [2.45, 2.75) is 12.8 Å². The molecule has 2 N–H and O–H groups in total. The van der Waals surface area contributed by atoms with Crippen molar-refractivity contribution in [2.75, 3.05) is 18.7 Å². The van der Waals surface area contributed by atoms with Gasteiger partial charge in [0.1, 0.15) is 0 Å². The number of nitrogens with one attached hydrogen (secondary N) is 2. The van der Waals surface area contributed by atoms with Crippen LogP contribution in [0.15, 0.2) is 48.5 Å². The Morgan fingerprint density at radius 1 is 1.05 bits per heavy atom.